The molecule has 0 aromatic heterocycles. The van der Waals surface area contributed by atoms with Crippen molar-refractivity contribution in [2.45, 2.75) is 22.5 Å². The van der Waals surface area contributed by atoms with Crippen molar-refractivity contribution in [3.05, 3.63) is 53.6 Å². The third-order valence-corrected chi connectivity index (χ3v) is 5.88. The van der Waals surface area contributed by atoms with Gasteiger partial charge in [0.05, 0.1) is 4.90 Å². The summed E-state index contributed by atoms with van der Waals surface area (Å²) in [5.41, 5.74) is 8.52. The van der Waals surface area contributed by atoms with Gasteiger partial charge in [-0.1, -0.05) is 24.3 Å². The first-order valence-electron chi connectivity index (χ1n) is 6.44. The Bertz CT molecular complexity index is 743. The van der Waals surface area contributed by atoms with Crippen LogP contribution in [-0.2, 0) is 15.8 Å². The van der Waals surface area contributed by atoms with Crippen molar-refractivity contribution in [3.63, 3.8) is 0 Å². The molecule has 0 heterocycles. The molecule has 0 bridgehead atoms. The van der Waals surface area contributed by atoms with E-state index in [0.29, 0.717) is 16.3 Å². The molecule has 2 aromatic carbocycles. The molecule has 0 aliphatic rings. The number of nitrogens with two attached hydrogens (primary N) is 1. The second-order valence-electron chi connectivity index (χ2n) is 4.63. The van der Waals surface area contributed by atoms with Crippen LogP contribution in [0.3, 0.4) is 0 Å². The Morgan fingerprint density at radius 1 is 1.19 bits per heavy atom. The topological polar surface area (TPSA) is 72.2 Å². The number of rotatable bonds is 5. The Balaban J connectivity index is 2.31. The van der Waals surface area contributed by atoms with E-state index in [4.69, 9.17) is 5.73 Å². The minimum atomic E-state index is -3.52. The van der Waals surface area contributed by atoms with Crippen molar-refractivity contribution in [1.29, 1.82) is 0 Å². The van der Waals surface area contributed by atoms with Gasteiger partial charge in [-0.25, -0.2) is 13.1 Å². The first-order chi connectivity index (χ1) is 9.94. The van der Waals surface area contributed by atoms with E-state index in [2.05, 4.69) is 4.72 Å². The summed E-state index contributed by atoms with van der Waals surface area (Å²) in [7, 11) is -2.12. The summed E-state index contributed by atoms with van der Waals surface area (Å²) in [6.07, 6.45) is 0. The Hall–Kier alpha value is -1.50. The minimum Gasteiger partial charge on any atom is -0.399 e. The molecule has 4 nitrogen and oxygen atoms in total. The van der Waals surface area contributed by atoms with Crippen LogP contribution in [0.5, 0.6) is 0 Å². The largest absolute Gasteiger partial charge is 0.399 e. The van der Waals surface area contributed by atoms with Gasteiger partial charge in [0.15, 0.2) is 0 Å². The third-order valence-electron chi connectivity index (χ3n) is 3.17. The summed E-state index contributed by atoms with van der Waals surface area (Å²) in [4.78, 5) is 0.922. The van der Waals surface area contributed by atoms with Crippen LogP contribution in [0.25, 0.3) is 0 Å². The Kier molecular flexibility index (Phi) is 4.92. The van der Waals surface area contributed by atoms with Gasteiger partial charge in [-0.15, -0.1) is 11.8 Å². The van der Waals surface area contributed by atoms with Gasteiger partial charge in [0, 0.05) is 16.3 Å². The highest BCUT2D eigenvalue weighted by molar-refractivity contribution is 7.99. The molecular formula is C15H18N2O2S2. The highest BCUT2D eigenvalue weighted by Crippen LogP contribution is 2.31. The van der Waals surface area contributed by atoms with Gasteiger partial charge in [-0.2, -0.15) is 0 Å². The molecule has 0 aliphatic carbocycles. The van der Waals surface area contributed by atoms with E-state index in [0.717, 1.165) is 0 Å². The maximum absolute atomic E-state index is 12.1. The van der Waals surface area contributed by atoms with Crippen LogP contribution in [0.4, 0.5) is 5.69 Å². The lowest BCUT2D eigenvalue weighted by Gasteiger charge is -2.11. The molecule has 0 aliphatic heterocycles. The number of aryl methyl sites for hydroxylation is 1. The van der Waals surface area contributed by atoms with Gasteiger partial charge in [0.2, 0.25) is 10.0 Å². The molecule has 0 amide bonds. The lowest BCUT2D eigenvalue weighted by atomic mass is 10.1. The van der Waals surface area contributed by atoms with E-state index < -0.39 is 10.0 Å². The predicted molar refractivity (Wildman–Crippen MR) is 87.8 cm³/mol. The van der Waals surface area contributed by atoms with Crippen LogP contribution >= 0.6 is 11.8 Å². The van der Waals surface area contributed by atoms with Crippen LogP contribution in [0.15, 0.2) is 52.3 Å². The van der Waals surface area contributed by atoms with Crippen molar-refractivity contribution in [1.82, 2.24) is 4.72 Å². The quantitative estimate of drug-likeness (QED) is 0.656. The first-order valence-corrected chi connectivity index (χ1v) is 8.91. The summed E-state index contributed by atoms with van der Waals surface area (Å²) in [6.45, 7) is 2.05. The number of nitrogen functional groups attached to an aromatic ring is 1. The first kappa shape index (κ1) is 15.9. The van der Waals surface area contributed by atoms with Gasteiger partial charge < -0.3 is 5.73 Å². The van der Waals surface area contributed by atoms with E-state index in [-0.39, 0.29) is 4.90 Å². The smallest absolute Gasteiger partial charge is 0.241 e. The Morgan fingerprint density at radius 3 is 2.57 bits per heavy atom. The highest BCUT2D eigenvalue weighted by atomic mass is 32.2. The molecule has 0 spiro atoms. The summed E-state index contributed by atoms with van der Waals surface area (Å²) in [5, 5.41) is 0. The second-order valence-corrected chi connectivity index (χ2v) is 7.50. The number of nitrogens with one attached hydrogen (secondary N) is 1. The molecule has 0 atom stereocenters. The molecule has 0 saturated carbocycles. The molecule has 112 valence electrons. The predicted octanol–water partition coefficient (Wildman–Crippen LogP) is 2.78. The zero-order valence-electron chi connectivity index (χ0n) is 12.0. The van der Waals surface area contributed by atoms with E-state index in [1.165, 1.54) is 36.0 Å². The number of anilines is 1. The van der Waals surface area contributed by atoms with Crippen molar-refractivity contribution in [3.8, 4) is 0 Å². The van der Waals surface area contributed by atoms with Gasteiger partial charge in [-0.05, 0) is 43.3 Å². The molecule has 0 saturated heterocycles. The van der Waals surface area contributed by atoms with Crippen molar-refractivity contribution < 1.29 is 8.42 Å². The number of hydrogen-bond acceptors (Lipinski definition) is 4. The van der Waals surface area contributed by atoms with E-state index >= 15 is 0 Å². The van der Waals surface area contributed by atoms with Crippen molar-refractivity contribution in [2.75, 3.05) is 12.8 Å². The molecule has 0 fully saturated rings. The molecule has 0 radical (unpaired) electrons. The van der Waals surface area contributed by atoms with Crippen LogP contribution in [0.2, 0.25) is 0 Å². The average molecular weight is 322 g/mol. The van der Waals surface area contributed by atoms with Crippen LogP contribution in [0, 0.1) is 6.92 Å². The Morgan fingerprint density at radius 2 is 1.90 bits per heavy atom. The normalized spacial score (nSPS) is 11.5. The van der Waals surface area contributed by atoms with Gasteiger partial charge >= 0.3 is 0 Å². The fraction of sp³-hybridized carbons (Fsp3) is 0.200. The minimum absolute atomic E-state index is 0.226. The molecular weight excluding hydrogens is 304 g/mol. The standard InChI is InChI=1S/C15H18N2O2S2/c1-11-5-3-4-6-12(11)10-20-14-8-7-13(16)9-15(14)21(18,19)17-2/h3-9,17H,10,16H2,1-2H3. The number of sulfonamides is 1. The maximum Gasteiger partial charge on any atom is 0.241 e. The second kappa shape index (κ2) is 6.51. The van der Waals surface area contributed by atoms with Gasteiger partial charge in [0.1, 0.15) is 0 Å². The summed E-state index contributed by atoms with van der Waals surface area (Å²) in [5.74, 6) is 0.711. The van der Waals surface area contributed by atoms with Crippen LogP contribution < -0.4 is 10.5 Å². The maximum atomic E-state index is 12.1. The van der Waals surface area contributed by atoms with Crippen LogP contribution in [-0.4, -0.2) is 15.5 Å². The van der Waals surface area contributed by atoms with E-state index in [1.54, 1.807) is 12.1 Å². The SMILES string of the molecule is CNS(=O)(=O)c1cc(N)ccc1SCc1ccccc1C. The molecule has 2 rings (SSSR count). The zero-order valence-corrected chi connectivity index (χ0v) is 13.6. The fourth-order valence-electron chi connectivity index (χ4n) is 1.89. The molecule has 2 aromatic rings. The zero-order chi connectivity index (χ0) is 15.5. The van der Waals surface area contributed by atoms with Crippen molar-refractivity contribution in [2.24, 2.45) is 0 Å². The number of benzene rings is 2. The lowest BCUT2D eigenvalue weighted by molar-refractivity contribution is 0.586. The van der Waals surface area contributed by atoms with Crippen LogP contribution in [0.1, 0.15) is 11.1 Å². The summed E-state index contributed by atoms with van der Waals surface area (Å²) in [6, 6.07) is 13.0. The third kappa shape index (κ3) is 3.78. The lowest BCUT2D eigenvalue weighted by Crippen LogP contribution is -2.19. The Labute approximate surface area is 129 Å². The number of hydrogen-bond donors (Lipinski definition) is 2. The highest BCUT2D eigenvalue weighted by Gasteiger charge is 2.17. The molecule has 21 heavy (non-hydrogen) atoms. The monoisotopic (exact) mass is 322 g/mol. The number of thioether (sulfide) groups is 1. The molecule has 6 heteroatoms. The fourth-order valence-corrected chi connectivity index (χ4v) is 4.24. The van der Waals surface area contributed by atoms with Gasteiger partial charge in [-0.3, -0.25) is 0 Å². The summed E-state index contributed by atoms with van der Waals surface area (Å²) >= 11 is 1.49. The molecule has 0 unspecified atom stereocenters. The van der Waals surface area contributed by atoms with E-state index in [9.17, 15) is 8.42 Å². The van der Waals surface area contributed by atoms with Gasteiger partial charge in [0.25, 0.3) is 0 Å². The van der Waals surface area contributed by atoms with Crippen molar-refractivity contribution >= 4 is 27.5 Å². The average Bonchev–Trinajstić information content (AvgIpc) is 2.47. The summed E-state index contributed by atoms with van der Waals surface area (Å²) < 4.78 is 26.5. The van der Waals surface area contributed by atoms with E-state index in [1.807, 2.05) is 31.2 Å². The molecule has 3 N–H and O–H groups in total.